The van der Waals surface area contributed by atoms with E-state index in [1.807, 2.05) is 11.8 Å². The smallest absolute Gasteiger partial charge is 0.223 e. The fourth-order valence-electron chi connectivity index (χ4n) is 2.01. The lowest BCUT2D eigenvalue weighted by Crippen LogP contribution is -2.30. The van der Waals surface area contributed by atoms with Crippen molar-refractivity contribution in [2.75, 3.05) is 32.8 Å². The molecule has 0 radical (unpaired) electrons. The van der Waals surface area contributed by atoms with Crippen LogP contribution in [0.2, 0.25) is 0 Å². The van der Waals surface area contributed by atoms with Crippen LogP contribution in [0.25, 0.3) is 0 Å². The average molecular weight is 214 g/mol. The molecule has 1 saturated heterocycles. The molecule has 1 heterocycles. The van der Waals surface area contributed by atoms with E-state index in [4.69, 9.17) is 10.5 Å². The monoisotopic (exact) mass is 214 g/mol. The van der Waals surface area contributed by atoms with Crippen LogP contribution in [0, 0.1) is 11.8 Å². The summed E-state index contributed by atoms with van der Waals surface area (Å²) < 4.78 is 5.41. The van der Waals surface area contributed by atoms with Gasteiger partial charge in [0.25, 0.3) is 0 Å². The molecule has 15 heavy (non-hydrogen) atoms. The first-order valence-corrected chi connectivity index (χ1v) is 5.74. The number of rotatable bonds is 5. The minimum Gasteiger partial charge on any atom is -0.381 e. The van der Waals surface area contributed by atoms with Crippen LogP contribution in [0.1, 0.15) is 20.3 Å². The first kappa shape index (κ1) is 12.5. The average Bonchev–Trinajstić information content (AvgIpc) is 2.57. The Kier molecular flexibility index (Phi) is 5.05. The number of likely N-dealkylation sites (tertiary alicyclic amines) is 1. The summed E-state index contributed by atoms with van der Waals surface area (Å²) in [5.74, 6) is 1.22. The molecule has 1 aliphatic rings. The molecule has 2 N–H and O–H groups in total. The number of nitrogens with two attached hydrogens (primary N) is 1. The third-order valence-electron chi connectivity index (χ3n) is 3.01. The van der Waals surface area contributed by atoms with Gasteiger partial charge in [-0.2, -0.15) is 0 Å². The maximum atomic E-state index is 11.6. The molecule has 0 aliphatic carbocycles. The van der Waals surface area contributed by atoms with Gasteiger partial charge in [0, 0.05) is 38.6 Å². The molecule has 1 aliphatic heterocycles. The highest BCUT2D eigenvalue weighted by molar-refractivity contribution is 5.76. The van der Waals surface area contributed by atoms with Gasteiger partial charge in [0.05, 0.1) is 6.61 Å². The van der Waals surface area contributed by atoms with Crippen LogP contribution in [0.4, 0.5) is 0 Å². The summed E-state index contributed by atoms with van der Waals surface area (Å²) in [6, 6.07) is 0. The van der Waals surface area contributed by atoms with Gasteiger partial charge < -0.3 is 15.4 Å². The summed E-state index contributed by atoms with van der Waals surface area (Å²) in [5, 5.41) is 0. The van der Waals surface area contributed by atoms with Crippen molar-refractivity contribution < 1.29 is 9.53 Å². The Balaban J connectivity index is 2.37. The van der Waals surface area contributed by atoms with Crippen LogP contribution in [0.5, 0.6) is 0 Å². The highest BCUT2D eigenvalue weighted by Gasteiger charge is 2.31. The van der Waals surface area contributed by atoms with Crippen molar-refractivity contribution in [1.29, 1.82) is 0 Å². The molecule has 0 bridgehead atoms. The van der Waals surface area contributed by atoms with E-state index < -0.39 is 0 Å². The zero-order valence-corrected chi connectivity index (χ0v) is 9.74. The first-order valence-electron chi connectivity index (χ1n) is 5.74. The first-order chi connectivity index (χ1) is 7.19. The lowest BCUT2D eigenvalue weighted by molar-refractivity contribution is -0.130. The Labute approximate surface area is 91.8 Å². The van der Waals surface area contributed by atoms with Gasteiger partial charge >= 0.3 is 0 Å². The summed E-state index contributed by atoms with van der Waals surface area (Å²) >= 11 is 0. The van der Waals surface area contributed by atoms with Gasteiger partial charge in [-0.25, -0.2) is 0 Å². The van der Waals surface area contributed by atoms with Gasteiger partial charge in [-0.05, 0) is 12.8 Å². The third-order valence-corrected chi connectivity index (χ3v) is 3.01. The van der Waals surface area contributed by atoms with Crippen molar-refractivity contribution in [1.82, 2.24) is 4.90 Å². The van der Waals surface area contributed by atoms with Crippen molar-refractivity contribution >= 4 is 5.91 Å². The SMILES string of the molecule is CCOCC1CN(C(=O)CCN)CC1C. The highest BCUT2D eigenvalue weighted by Crippen LogP contribution is 2.23. The molecule has 1 fully saturated rings. The summed E-state index contributed by atoms with van der Waals surface area (Å²) in [5.41, 5.74) is 5.37. The van der Waals surface area contributed by atoms with Gasteiger partial charge in [-0.3, -0.25) is 4.79 Å². The van der Waals surface area contributed by atoms with Gasteiger partial charge in [-0.15, -0.1) is 0 Å². The molecular weight excluding hydrogens is 192 g/mol. The van der Waals surface area contributed by atoms with Crippen molar-refractivity contribution in [3.8, 4) is 0 Å². The summed E-state index contributed by atoms with van der Waals surface area (Å²) in [6.07, 6.45) is 0.466. The van der Waals surface area contributed by atoms with Crippen LogP contribution in [0.15, 0.2) is 0 Å². The van der Waals surface area contributed by atoms with Gasteiger partial charge in [0.15, 0.2) is 0 Å². The fourth-order valence-corrected chi connectivity index (χ4v) is 2.01. The van der Waals surface area contributed by atoms with Crippen LogP contribution in [-0.4, -0.2) is 43.7 Å². The molecule has 0 aromatic carbocycles. The lowest BCUT2D eigenvalue weighted by atomic mass is 9.99. The Morgan fingerprint density at radius 2 is 2.27 bits per heavy atom. The molecule has 2 atom stereocenters. The molecule has 88 valence electrons. The van der Waals surface area contributed by atoms with Gasteiger partial charge in [-0.1, -0.05) is 6.92 Å². The van der Waals surface area contributed by atoms with Gasteiger partial charge in [0.2, 0.25) is 5.91 Å². The Hall–Kier alpha value is -0.610. The number of nitrogens with zero attached hydrogens (tertiary/aromatic N) is 1. The largest absolute Gasteiger partial charge is 0.381 e. The topological polar surface area (TPSA) is 55.6 Å². The number of carbonyl (C=O) groups excluding carboxylic acids is 1. The fraction of sp³-hybridized carbons (Fsp3) is 0.909. The van der Waals surface area contributed by atoms with Crippen molar-refractivity contribution in [2.24, 2.45) is 17.6 Å². The number of hydrogen-bond acceptors (Lipinski definition) is 3. The molecule has 0 aromatic rings. The highest BCUT2D eigenvalue weighted by atomic mass is 16.5. The van der Waals surface area contributed by atoms with Crippen LogP contribution >= 0.6 is 0 Å². The molecule has 4 nitrogen and oxygen atoms in total. The van der Waals surface area contributed by atoms with Crippen molar-refractivity contribution in [2.45, 2.75) is 20.3 Å². The Morgan fingerprint density at radius 1 is 1.53 bits per heavy atom. The minimum atomic E-state index is 0.184. The van der Waals surface area contributed by atoms with E-state index in [1.165, 1.54) is 0 Å². The second-order valence-corrected chi connectivity index (χ2v) is 4.23. The van der Waals surface area contributed by atoms with E-state index in [0.717, 1.165) is 26.3 Å². The number of amides is 1. The predicted octanol–water partition coefficient (Wildman–Crippen LogP) is 0.466. The summed E-state index contributed by atoms with van der Waals surface area (Å²) in [7, 11) is 0. The van der Waals surface area contributed by atoms with Crippen LogP contribution in [0.3, 0.4) is 0 Å². The minimum absolute atomic E-state index is 0.184. The zero-order chi connectivity index (χ0) is 11.3. The maximum absolute atomic E-state index is 11.6. The van der Waals surface area contributed by atoms with Crippen LogP contribution in [-0.2, 0) is 9.53 Å². The molecule has 0 aromatic heterocycles. The molecule has 1 rings (SSSR count). The van der Waals surface area contributed by atoms with Crippen molar-refractivity contribution in [3.63, 3.8) is 0 Å². The zero-order valence-electron chi connectivity index (χ0n) is 9.74. The molecule has 0 spiro atoms. The lowest BCUT2D eigenvalue weighted by Gasteiger charge is -2.15. The summed E-state index contributed by atoms with van der Waals surface area (Å²) in [6.45, 7) is 7.83. The number of hydrogen-bond donors (Lipinski definition) is 1. The van der Waals surface area contributed by atoms with E-state index in [0.29, 0.717) is 24.8 Å². The van der Waals surface area contributed by atoms with Gasteiger partial charge in [0.1, 0.15) is 0 Å². The normalized spacial score (nSPS) is 25.9. The van der Waals surface area contributed by atoms with E-state index in [2.05, 4.69) is 6.92 Å². The molecule has 0 saturated carbocycles. The summed E-state index contributed by atoms with van der Waals surface area (Å²) in [4.78, 5) is 13.5. The quantitative estimate of drug-likeness (QED) is 0.723. The molecule has 4 heteroatoms. The standard InChI is InChI=1S/C11H22N2O2/c1-3-15-8-10-7-13(6-9(10)2)11(14)4-5-12/h9-10H,3-8,12H2,1-2H3. The van der Waals surface area contributed by atoms with Crippen molar-refractivity contribution in [3.05, 3.63) is 0 Å². The number of ether oxygens (including phenoxy) is 1. The molecule has 2 unspecified atom stereocenters. The second kappa shape index (κ2) is 6.08. The second-order valence-electron chi connectivity index (χ2n) is 4.23. The predicted molar refractivity (Wildman–Crippen MR) is 59.4 cm³/mol. The van der Waals surface area contributed by atoms with E-state index in [1.54, 1.807) is 0 Å². The van der Waals surface area contributed by atoms with E-state index in [-0.39, 0.29) is 5.91 Å². The van der Waals surface area contributed by atoms with Crippen LogP contribution < -0.4 is 5.73 Å². The third kappa shape index (κ3) is 3.47. The number of carbonyl (C=O) groups is 1. The van der Waals surface area contributed by atoms with E-state index >= 15 is 0 Å². The molecular formula is C11H22N2O2. The van der Waals surface area contributed by atoms with E-state index in [9.17, 15) is 4.79 Å². The molecule has 1 amide bonds. The maximum Gasteiger partial charge on any atom is 0.223 e. The Bertz CT molecular complexity index is 209. The Morgan fingerprint density at radius 3 is 2.87 bits per heavy atom.